The molecule has 1 aliphatic carbocycles. The topological polar surface area (TPSA) is 108 Å². The molecule has 41 heavy (non-hydrogen) atoms. The second-order valence-corrected chi connectivity index (χ2v) is 12.0. The lowest BCUT2D eigenvalue weighted by Crippen LogP contribution is -2.54. The van der Waals surface area contributed by atoms with E-state index in [1.807, 2.05) is 32.0 Å². The molecule has 0 radical (unpaired) electrons. The van der Waals surface area contributed by atoms with Crippen molar-refractivity contribution in [3.05, 3.63) is 77.4 Å². The summed E-state index contributed by atoms with van der Waals surface area (Å²) in [6.45, 7) is 13.1. The smallest absolute Gasteiger partial charge is 0.408 e. The van der Waals surface area contributed by atoms with Crippen LogP contribution in [0.15, 0.2) is 55.1 Å². The predicted molar refractivity (Wildman–Crippen MR) is 161 cm³/mol. The van der Waals surface area contributed by atoms with Gasteiger partial charge >= 0.3 is 6.09 Å². The molecule has 1 aliphatic rings. The molecule has 2 aromatic rings. The number of ether oxygens (including phenoxy) is 1. The van der Waals surface area contributed by atoms with Crippen LogP contribution in [0.5, 0.6) is 5.75 Å². The standard InChI is InChI=1S/C33H45N3O5/c1-7-17-36(29(25-19-22(2)18-23(3)20-25)30(38)34-26-11-9-8-10-12-26)31(39)28(35-32(40)41-33(4,5)6)21-24-13-15-27(37)16-14-24/h7,13-16,18-20,26,28-29,37H,1,8-12,17,21H2,2-6H3,(H,34,38)(H,35,40). The fourth-order valence-electron chi connectivity index (χ4n) is 5.35. The van der Waals surface area contributed by atoms with Crippen molar-refractivity contribution in [1.82, 2.24) is 15.5 Å². The molecule has 0 saturated heterocycles. The molecule has 1 fully saturated rings. The van der Waals surface area contributed by atoms with Gasteiger partial charge in [0, 0.05) is 19.0 Å². The third kappa shape index (κ3) is 9.66. The number of hydrogen-bond donors (Lipinski definition) is 3. The molecule has 0 aliphatic heterocycles. The SMILES string of the molecule is C=CCN(C(=O)C(Cc1ccc(O)cc1)NC(=O)OC(C)(C)C)C(C(=O)NC1CCCCC1)c1cc(C)cc(C)c1. The average Bonchev–Trinajstić information content (AvgIpc) is 2.88. The third-order valence-electron chi connectivity index (χ3n) is 7.05. The second-order valence-electron chi connectivity index (χ2n) is 12.0. The first-order valence-electron chi connectivity index (χ1n) is 14.4. The lowest BCUT2D eigenvalue weighted by molar-refractivity contribution is -0.142. The Labute approximate surface area is 244 Å². The van der Waals surface area contributed by atoms with Gasteiger partial charge in [-0.3, -0.25) is 9.59 Å². The molecule has 0 heterocycles. The van der Waals surface area contributed by atoms with Crippen LogP contribution >= 0.6 is 0 Å². The van der Waals surface area contributed by atoms with E-state index in [0.29, 0.717) is 5.56 Å². The summed E-state index contributed by atoms with van der Waals surface area (Å²) in [5, 5.41) is 15.7. The molecule has 2 aromatic carbocycles. The number of phenolic OH excluding ortho intramolecular Hbond substituents is 1. The Balaban J connectivity index is 2.02. The van der Waals surface area contributed by atoms with E-state index < -0.39 is 29.7 Å². The lowest BCUT2D eigenvalue weighted by atomic mass is 9.93. The Hall–Kier alpha value is -3.81. The van der Waals surface area contributed by atoms with Crippen molar-refractivity contribution in [3.63, 3.8) is 0 Å². The zero-order chi connectivity index (χ0) is 30.2. The van der Waals surface area contributed by atoms with Crippen molar-refractivity contribution in [1.29, 1.82) is 0 Å². The van der Waals surface area contributed by atoms with E-state index in [-0.39, 0.29) is 30.7 Å². The highest BCUT2D eigenvalue weighted by Gasteiger charge is 2.37. The van der Waals surface area contributed by atoms with Gasteiger partial charge in [0.25, 0.3) is 0 Å². The molecule has 8 heteroatoms. The van der Waals surface area contributed by atoms with Gasteiger partial charge in [0.05, 0.1) is 0 Å². The van der Waals surface area contributed by atoms with E-state index in [1.165, 1.54) is 17.0 Å². The minimum Gasteiger partial charge on any atom is -0.508 e. The summed E-state index contributed by atoms with van der Waals surface area (Å²) in [5.74, 6) is -0.594. The lowest BCUT2D eigenvalue weighted by Gasteiger charge is -2.35. The first kappa shape index (κ1) is 31.7. The molecular formula is C33H45N3O5. The van der Waals surface area contributed by atoms with Gasteiger partial charge in [0.2, 0.25) is 11.8 Å². The quantitative estimate of drug-likeness (QED) is 0.324. The second kappa shape index (κ2) is 14.2. The molecule has 2 atom stereocenters. The Bertz CT molecular complexity index is 1190. The maximum Gasteiger partial charge on any atom is 0.408 e. The largest absolute Gasteiger partial charge is 0.508 e. The van der Waals surface area contributed by atoms with Crippen LogP contribution in [0.4, 0.5) is 4.79 Å². The van der Waals surface area contributed by atoms with E-state index in [2.05, 4.69) is 17.2 Å². The van der Waals surface area contributed by atoms with Crippen LogP contribution in [-0.4, -0.2) is 52.1 Å². The molecular weight excluding hydrogens is 518 g/mol. The summed E-state index contributed by atoms with van der Waals surface area (Å²) in [6, 6.07) is 10.4. The van der Waals surface area contributed by atoms with Crippen LogP contribution in [-0.2, 0) is 20.7 Å². The minimum atomic E-state index is -1.04. The van der Waals surface area contributed by atoms with Crippen LogP contribution in [0.1, 0.15) is 81.2 Å². The maximum absolute atomic E-state index is 14.4. The minimum absolute atomic E-state index is 0.0537. The number of nitrogens with one attached hydrogen (secondary N) is 2. The van der Waals surface area contributed by atoms with Crippen molar-refractivity contribution >= 4 is 17.9 Å². The van der Waals surface area contributed by atoms with Crippen LogP contribution in [0.25, 0.3) is 0 Å². The highest BCUT2D eigenvalue weighted by molar-refractivity contribution is 5.92. The maximum atomic E-state index is 14.4. The Morgan fingerprint density at radius 2 is 1.66 bits per heavy atom. The molecule has 3 N–H and O–H groups in total. The molecule has 8 nitrogen and oxygen atoms in total. The third-order valence-corrected chi connectivity index (χ3v) is 7.05. The van der Waals surface area contributed by atoms with Gasteiger partial charge in [0.1, 0.15) is 23.4 Å². The van der Waals surface area contributed by atoms with Gasteiger partial charge in [-0.25, -0.2) is 4.79 Å². The van der Waals surface area contributed by atoms with Crippen LogP contribution in [0.3, 0.4) is 0 Å². The van der Waals surface area contributed by atoms with E-state index in [0.717, 1.165) is 48.8 Å². The van der Waals surface area contributed by atoms with E-state index in [4.69, 9.17) is 4.74 Å². The number of phenols is 1. The van der Waals surface area contributed by atoms with Crippen LogP contribution in [0.2, 0.25) is 0 Å². The number of amides is 3. The first-order valence-corrected chi connectivity index (χ1v) is 14.4. The van der Waals surface area contributed by atoms with Gasteiger partial charge in [-0.05, 0) is 70.7 Å². The highest BCUT2D eigenvalue weighted by Crippen LogP contribution is 2.27. The zero-order valence-corrected chi connectivity index (χ0v) is 25.0. The fraction of sp³-hybridized carbons (Fsp3) is 0.485. The summed E-state index contributed by atoms with van der Waals surface area (Å²) in [7, 11) is 0. The Morgan fingerprint density at radius 3 is 2.22 bits per heavy atom. The zero-order valence-electron chi connectivity index (χ0n) is 25.0. The molecule has 0 spiro atoms. The van der Waals surface area contributed by atoms with Gasteiger partial charge < -0.3 is 25.4 Å². The number of nitrogens with zero attached hydrogens (tertiary/aromatic N) is 1. The van der Waals surface area contributed by atoms with E-state index >= 15 is 0 Å². The number of alkyl carbamates (subject to hydrolysis) is 1. The molecule has 1 saturated carbocycles. The average molecular weight is 564 g/mol. The summed E-state index contributed by atoms with van der Waals surface area (Å²) in [6.07, 6.45) is 6.08. The molecule has 3 rings (SSSR count). The Morgan fingerprint density at radius 1 is 1.05 bits per heavy atom. The predicted octanol–water partition coefficient (Wildman–Crippen LogP) is 5.65. The molecule has 3 amide bonds. The summed E-state index contributed by atoms with van der Waals surface area (Å²) < 4.78 is 5.48. The highest BCUT2D eigenvalue weighted by atomic mass is 16.6. The van der Waals surface area contributed by atoms with Gasteiger partial charge in [-0.15, -0.1) is 6.58 Å². The van der Waals surface area contributed by atoms with Gasteiger partial charge in [0.15, 0.2) is 0 Å². The fourth-order valence-corrected chi connectivity index (χ4v) is 5.35. The monoisotopic (exact) mass is 563 g/mol. The summed E-state index contributed by atoms with van der Waals surface area (Å²) in [4.78, 5) is 42.7. The number of carbonyl (C=O) groups excluding carboxylic acids is 3. The summed E-state index contributed by atoms with van der Waals surface area (Å²) >= 11 is 0. The van der Waals surface area contributed by atoms with E-state index in [9.17, 15) is 19.5 Å². The van der Waals surface area contributed by atoms with Gasteiger partial charge in [-0.1, -0.05) is 66.8 Å². The Kier molecular flexibility index (Phi) is 11.0. The number of hydrogen-bond acceptors (Lipinski definition) is 5. The van der Waals surface area contributed by atoms with Crippen LogP contribution < -0.4 is 10.6 Å². The number of aryl methyl sites for hydroxylation is 2. The number of carbonyl (C=O) groups is 3. The molecule has 222 valence electrons. The van der Waals surface area contributed by atoms with Gasteiger partial charge in [-0.2, -0.15) is 0 Å². The van der Waals surface area contributed by atoms with Crippen molar-refractivity contribution < 1.29 is 24.2 Å². The molecule has 0 aromatic heterocycles. The van der Waals surface area contributed by atoms with E-state index in [1.54, 1.807) is 39.0 Å². The molecule has 0 bridgehead atoms. The van der Waals surface area contributed by atoms with Crippen molar-refractivity contribution in [2.45, 2.75) is 96.9 Å². The number of rotatable bonds is 10. The van der Waals surface area contributed by atoms with Crippen molar-refractivity contribution in [2.75, 3.05) is 6.54 Å². The van der Waals surface area contributed by atoms with Crippen LogP contribution in [0, 0.1) is 13.8 Å². The van der Waals surface area contributed by atoms with Crippen molar-refractivity contribution in [2.24, 2.45) is 0 Å². The number of benzene rings is 2. The van der Waals surface area contributed by atoms with Crippen molar-refractivity contribution in [3.8, 4) is 5.75 Å². The molecule has 2 unspecified atom stereocenters. The summed E-state index contributed by atoms with van der Waals surface area (Å²) in [5.41, 5.74) is 2.62. The first-order chi connectivity index (χ1) is 19.4. The number of aromatic hydroxyl groups is 1. The normalized spacial score (nSPS) is 15.3.